The summed E-state index contributed by atoms with van der Waals surface area (Å²) in [6.07, 6.45) is 0.417. The van der Waals surface area contributed by atoms with Crippen molar-refractivity contribution < 1.29 is 19.1 Å². The Labute approximate surface area is 178 Å². The Morgan fingerprint density at radius 3 is 2.10 bits per heavy atom. The van der Waals surface area contributed by atoms with Gasteiger partial charge in [0.15, 0.2) is 0 Å². The number of benzene rings is 2. The molecule has 2 aromatic carbocycles. The van der Waals surface area contributed by atoms with Crippen LogP contribution in [0.3, 0.4) is 0 Å². The van der Waals surface area contributed by atoms with Crippen molar-refractivity contribution in [1.29, 1.82) is 0 Å². The zero-order valence-corrected chi connectivity index (χ0v) is 18.3. The van der Waals surface area contributed by atoms with Crippen LogP contribution in [0.1, 0.15) is 44.9 Å². The summed E-state index contributed by atoms with van der Waals surface area (Å²) in [4.78, 5) is 26.4. The van der Waals surface area contributed by atoms with Crippen LogP contribution in [-0.4, -0.2) is 30.2 Å². The minimum atomic E-state index is -1.06. The Morgan fingerprint density at radius 1 is 1.00 bits per heavy atom. The van der Waals surface area contributed by atoms with E-state index in [0.717, 1.165) is 11.1 Å². The third-order valence-corrected chi connectivity index (χ3v) is 5.81. The average molecular weight is 410 g/mol. The Hall–Kier alpha value is -2.66. The molecule has 0 spiro atoms. The van der Waals surface area contributed by atoms with Crippen molar-refractivity contribution in [3.05, 3.63) is 71.8 Å². The summed E-state index contributed by atoms with van der Waals surface area (Å²) in [7, 11) is 1.39. The van der Waals surface area contributed by atoms with Crippen LogP contribution in [0, 0.1) is 11.8 Å². The van der Waals surface area contributed by atoms with Crippen LogP contribution in [0.5, 0.6) is 0 Å². The molecular weight excluding hydrogens is 378 g/mol. The van der Waals surface area contributed by atoms with E-state index in [1.165, 1.54) is 7.11 Å². The fraction of sp³-hybridized carbons (Fsp3) is 0.440. The minimum absolute atomic E-state index is 0.331. The Kier molecular flexibility index (Phi) is 6.32. The maximum atomic E-state index is 13.6. The third-order valence-electron chi connectivity index (χ3n) is 5.81. The number of hydrogen-bond donors (Lipinski definition) is 1. The monoisotopic (exact) mass is 409 g/mol. The van der Waals surface area contributed by atoms with Gasteiger partial charge >= 0.3 is 11.9 Å². The number of rotatable bonds is 5. The highest BCUT2D eigenvalue weighted by Crippen LogP contribution is 2.46. The first-order valence-electron chi connectivity index (χ1n) is 10.4. The van der Waals surface area contributed by atoms with Crippen LogP contribution < -0.4 is 5.32 Å². The topological polar surface area (TPSA) is 64.6 Å². The molecule has 5 heteroatoms. The lowest BCUT2D eigenvalue weighted by Crippen LogP contribution is -2.56. The molecule has 1 aliphatic rings. The van der Waals surface area contributed by atoms with Crippen LogP contribution in [0.4, 0.5) is 0 Å². The van der Waals surface area contributed by atoms with Crippen LogP contribution in [0.25, 0.3) is 0 Å². The predicted molar refractivity (Wildman–Crippen MR) is 116 cm³/mol. The molecule has 0 amide bonds. The molecule has 0 aliphatic carbocycles. The molecule has 160 valence electrons. The van der Waals surface area contributed by atoms with Gasteiger partial charge in [-0.05, 0) is 31.9 Å². The van der Waals surface area contributed by atoms with Crippen molar-refractivity contribution in [3.63, 3.8) is 0 Å². The predicted octanol–water partition coefficient (Wildman–Crippen LogP) is 4.08. The van der Waals surface area contributed by atoms with Gasteiger partial charge in [0.25, 0.3) is 0 Å². The summed E-state index contributed by atoms with van der Waals surface area (Å²) < 4.78 is 11.0. The van der Waals surface area contributed by atoms with Gasteiger partial charge in [0, 0.05) is 18.4 Å². The van der Waals surface area contributed by atoms with E-state index in [2.05, 4.69) is 5.32 Å². The number of nitrogens with one attached hydrogen (secondary N) is 1. The first-order chi connectivity index (χ1) is 14.2. The van der Waals surface area contributed by atoms with E-state index in [4.69, 9.17) is 9.47 Å². The molecule has 1 fully saturated rings. The largest absolute Gasteiger partial charge is 0.469 e. The van der Waals surface area contributed by atoms with Gasteiger partial charge in [0.2, 0.25) is 0 Å². The molecule has 0 bridgehead atoms. The van der Waals surface area contributed by atoms with E-state index >= 15 is 0 Å². The smallest absolute Gasteiger partial charge is 0.327 e. The Morgan fingerprint density at radius 2 is 1.57 bits per heavy atom. The lowest BCUT2D eigenvalue weighted by molar-refractivity contribution is -0.165. The summed E-state index contributed by atoms with van der Waals surface area (Å²) in [5, 5.41) is 3.53. The van der Waals surface area contributed by atoms with Gasteiger partial charge in [-0.25, -0.2) is 0 Å². The first kappa shape index (κ1) is 22.0. The molecule has 0 radical (unpaired) electrons. The lowest BCUT2D eigenvalue weighted by Gasteiger charge is -2.35. The summed E-state index contributed by atoms with van der Waals surface area (Å²) in [6, 6.07) is 19.2. The number of carbonyl (C=O) groups excluding carboxylic acids is 2. The third kappa shape index (κ3) is 4.41. The highest BCUT2D eigenvalue weighted by atomic mass is 16.6. The van der Waals surface area contributed by atoms with Crippen molar-refractivity contribution in [2.45, 2.75) is 51.3 Å². The molecule has 0 aromatic heterocycles. The Balaban J connectivity index is 2.10. The molecule has 1 saturated heterocycles. The molecule has 4 atom stereocenters. The summed E-state index contributed by atoms with van der Waals surface area (Å²) in [6.45, 7) is 7.50. The number of hydrogen-bond acceptors (Lipinski definition) is 5. The highest BCUT2D eigenvalue weighted by Gasteiger charge is 2.59. The molecule has 5 nitrogen and oxygen atoms in total. The SMILES string of the molecule is COC(=O)[C@H]1[C@@H](c2ccccc2)N[C@@](Cc2ccccc2)(C(=O)OC(C)(C)C)[C@@H]1C. The van der Waals surface area contributed by atoms with Crippen LogP contribution >= 0.6 is 0 Å². The lowest BCUT2D eigenvalue weighted by atomic mass is 9.76. The standard InChI is InChI=1S/C25H31NO4/c1-17-20(22(27)29-5)21(19-14-10-7-11-15-19)26-25(17,23(28)30-24(2,3)4)16-18-12-8-6-9-13-18/h6-15,17,20-21,26H,16H2,1-5H3/t17-,20-,21-,25-/m1/s1. The number of carbonyl (C=O) groups is 2. The normalized spacial score (nSPS) is 26.2. The molecule has 1 heterocycles. The van der Waals surface area contributed by atoms with Gasteiger partial charge in [-0.2, -0.15) is 0 Å². The van der Waals surface area contributed by atoms with Crippen LogP contribution in [0.15, 0.2) is 60.7 Å². The highest BCUT2D eigenvalue weighted by molar-refractivity contribution is 5.86. The van der Waals surface area contributed by atoms with E-state index < -0.39 is 17.1 Å². The van der Waals surface area contributed by atoms with E-state index in [1.807, 2.05) is 88.4 Å². The van der Waals surface area contributed by atoms with E-state index in [9.17, 15) is 9.59 Å². The fourth-order valence-electron chi connectivity index (χ4n) is 4.34. The van der Waals surface area contributed by atoms with Gasteiger partial charge in [-0.3, -0.25) is 14.9 Å². The summed E-state index contributed by atoms with van der Waals surface area (Å²) >= 11 is 0. The second-order valence-corrected chi connectivity index (χ2v) is 9.01. The zero-order chi connectivity index (χ0) is 21.9. The van der Waals surface area contributed by atoms with Crippen molar-refractivity contribution >= 4 is 11.9 Å². The molecule has 30 heavy (non-hydrogen) atoms. The zero-order valence-electron chi connectivity index (χ0n) is 18.3. The van der Waals surface area contributed by atoms with E-state index in [1.54, 1.807) is 0 Å². The maximum absolute atomic E-state index is 13.6. The number of methoxy groups -OCH3 is 1. The van der Waals surface area contributed by atoms with Crippen molar-refractivity contribution in [2.75, 3.05) is 7.11 Å². The second-order valence-electron chi connectivity index (χ2n) is 9.01. The summed E-state index contributed by atoms with van der Waals surface area (Å²) in [5.41, 5.74) is 0.236. The van der Waals surface area contributed by atoms with Gasteiger partial charge < -0.3 is 9.47 Å². The molecule has 3 rings (SSSR count). The Bertz CT molecular complexity index is 875. The quantitative estimate of drug-likeness (QED) is 0.754. The van der Waals surface area contributed by atoms with Crippen molar-refractivity contribution in [2.24, 2.45) is 11.8 Å². The first-order valence-corrected chi connectivity index (χ1v) is 10.4. The second kappa shape index (κ2) is 8.60. The maximum Gasteiger partial charge on any atom is 0.327 e. The van der Waals surface area contributed by atoms with Crippen molar-refractivity contribution in [3.8, 4) is 0 Å². The number of esters is 2. The van der Waals surface area contributed by atoms with Crippen LogP contribution in [0.2, 0.25) is 0 Å². The minimum Gasteiger partial charge on any atom is -0.469 e. The molecule has 1 aliphatic heterocycles. The molecule has 0 unspecified atom stereocenters. The fourth-order valence-corrected chi connectivity index (χ4v) is 4.34. The average Bonchev–Trinajstić information content (AvgIpc) is 3.01. The van der Waals surface area contributed by atoms with E-state index in [-0.39, 0.29) is 23.9 Å². The van der Waals surface area contributed by atoms with Crippen molar-refractivity contribution in [1.82, 2.24) is 5.32 Å². The molecule has 0 saturated carbocycles. The van der Waals surface area contributed by atoms with Gasteiger partial charge in [0.05, 0.1) is 13.0 Å². The van der Waals surface area contributed by atoms with Gasteiger partial charge in [0.1, 0.15) is 11.1 Å². The molecular formula is C25H31NO4. The molecule has 2 aromatic rings. The van der Waals surface area contributed by atoms with Gasteiger partial charge in [-0.15, -0.1) is 0 Å². The number of ether oxygens (including phenoxy) is 2. The van der Waals surface area contributed by atoms with E-state index in [0.29, 0.717) is 6.42 Å². The molecule has 1 N–H and O–H groups in total. The van der Waals surface area contributed by atoms with Crippen LogP contribution in [-0.2, 0) is 25.5 Å². The van der Waals surface area contributed by atoms with Gasteiger partial charge in [-0.1, -0.05) is 67.6 Å². The summed E-state index contributed by atoms with van der Waals surface area (Å²) in [5.74, 6) is -1.54.